The lowest BCUT2D eigenvalue weighted by molar-refractivity contribution is 0.0795. The Balaban J connectivity index is 2.48. The van der Waals surface area contributed by atoms with Crippen molar-refractivity contribution >= 4 is 21.8 Å². The van der Waals surface area contributed by atoms with Gasteiger partial charge in [-0.25, -0.2) is 0 Å². The summed E-state index contributed by atoms with van der Waals surface area (Å²) in [5.74, 6) is 0.00898. The Morgan fingerprint density at radius 1 is 1.69 bits per heavy atom. The third-order valence-electron chi connectivity index (χ3n) is 1.74. The highest BCUT2D eigenvalue weighted by molar-refractivity contribution is 9.09. The summed E-state index contributed by atoms with van der Waals surface area (Å²) in [6.45, 7) is 0.759. The van der Waals surface area contributed by atoms with E-state index < -0.39 is 0 Å². The predicted octanol–water partition coefficient (Wildman–Crippen LogP) is 2.14. The highest BCUT2D eigenvalue weighted by atomic mass is 79.9. The minimum atomic E-state index is 0.00898. The van der Waals surface area contributed by atoms with Gasteiger partial charge in [0.15, 0.2) is 0 Å². The fourth-order valence-corrected chi connectivity index (χ4v) is 1.26. The standard InChI is InChI=1S/C9H12BrNO2/c1-11(5-2-4-10)9(12)8-3-6-13-7-8/h3,6-7H,2,4-5H2,1H3. The number of hydrogen-bond donors (Lipinski definition) is 0. The molecule has 1 aromatic rings. The van der Waals surface area contributed by atoms with Crippen molar-refractivity contribution in [2.45, 2.75) is 6.42 Å². The molecule has 0 bridgehead atoms. The predicted molar refractivity (Wildman–Crippen MR) is 54.1 cm³/mol. The van der Waals surface area contributed by atoms with Crippen molar-refractivity contribution in [2.24, 2.45) is 0 Å². The van der Waals surface area contributed by atoms with Crippen LogP contribution in [0.1, 0.15) is 16.8 Å². The molecule has 0 saturated heterocycles. The van der Waals surface area contributed by atoms with Crippen molar-refractivity contribution in [3.63, 3.8) is 0 Å². The van der Waals surface area contributed by atoms with Gasteiger partial charge in [0, 0.05) is 18.9 Å². The van der Waals surface area contributed by atoms with Crippen LogP contribution >= 0.6 is 15.9 Å². The van der Waals surface area contributed by atoms with Crippen molar-refractivity contribution in [2.75, 3.05) is 18.9 Å². The molecule has 0 aromatic carbocycles. The van der Waals surface area contributed by atoms with Gasteiger partial charge < -0.3 is 9.32 Å². The first-order valence-electron chi connectivity index (χ1n) is 4.09. The molecule has 0 radical (unpaired) electrons. The average Bonchev–Trinajstić information content (AvgIpc) is 2.65. The van der Waals surface area contributed by atoms with E-state index >= 15 is 0 Å². The number of hydrogen-bond acceptors (Lipinski definition) is 2. The third-order valence-corrected chi connectivity index (χ3v) is 2.30. The molecule has 3 nitrogen and oxygen atoms in total. The van der Waals surface area contributed by atoms with E-state index in [0.29, 0.717) is 5.56 Å². The van der Waals surface area contributed by atoms with Crippen molar-refractivity contribution in [1.29, 1.82) is 0 Å². The van der Waals surface area contributed by atoms with Gasteiger partial charge >= 0.3 is 0 Å². The lowest BCUT2D eigenvalue weighted by Gasteiger charge is -2.14. The molecule has 0 aliphatic heterocycles. The summed E-state index contributed by atoms with van der Waals surface area (Å²) in [5, 5.41) is 0.913. The van der Waals surface area contributed by atoms with Gasteiger partial charge in [-0.2, -0.15) is 0 Å². The van der Waals surface area contributed by atoms with Crippen LogP contribution in [-0.4, -0.2) is 29.7 Å². The van der Waals surface area contributed by atoms with E-state index in [1.807, 2.05) is 0 Å². The quantitative estimate of drug-likeness (QED) is 0.762. The van der Waals surface area contributed by atoms with Crippen LogP contribution in [0.3, 0.4) is 0 Å². The zero-order chi connectivity index (χ0) is 9.68. The summed E-state index contributed by atoms with van der Waals surface area (Å²) in [6, 6.07) is 1.67. The van der Waals surface area contributed by atoms with Gasteiger partial charge in [0.2, 0.25) is 0 Å². The summed E-state index contributed by atoms with van der Waals surface area (Å²) >= 11 is 3.32. The van der Waals surface area contributed by atoms with Crippen LogP contribution in [0.5, 0.6) is 0 Å². The maximum Gasteiger partial charge on any atom is 0.256 e. The Morgan fingerprint density at radius 2 is 2.46 bits per heavy atom. The minimum absolute atomic E-state index is 0.00898. The Bertz CT molecular complexity index is 259. The summed E-state index contributed by atoms with van der Waals surface area (Å²) in [6.07, 6.45) is 3.93. The maximum atomic E-state index is 11.6. The van der Waals surface area contributed by atoms with Gasteiger partial charge in [-0.15, -0.1) is 0 Å². The lowest BCUT2D eigenvalue weighted by Crippen LogP contribution is -2.27. The van der Waals surface area contributed by atoms with Crippen molar-refractivity contribution in [3.05, 3.63) is 24.2 Å². The van der Waals surface area contributed by atoms with Crippen LogP contribution in [-0.2, 0) is 0 Å². The molecule has 1 rings (SSSR count). The number of carbonyl (C=O) groups is 1. The normalized spacial score (nSPS) is 10.0. The van der Waals surface area contributed by atoms with Crippen molar-refractivity contribution < 1.29 is 9.21 Å². The van der Waals surface area contributed by atoms with Gasteiger partial charge in [-0.1, -0.05) is 15.9 Å². The molecule has 1 heterocycles. The van der Waals surface area contributed by atoms with Gasteiger partial charge in [-0.05, 0) is 12.5 Å². The van der Waals surface area contributed by atoms with Crippen LogP contribution in [0.25, 0.3) is 0 Å². The van der Waals surface area contributed by atoms with E-state index in [1.165, 1.54) is 12.5 Å². The van der Waals surface area contributed by atoms with Gasteiger partial charge in [-0.3, -0.25) is 4.79 Å². The fourth-order valence-electron chi connectivity index (χ4n) is 1.01. The molecule has 0 saturated carbocycles. The number of carbonyl (C=O) groups excluding carboxylic acids is 1. The number of rotatable bonds is 4. The highest BCUT2D eigenvalue weighted by Crippen LogP contribution is 2.04. The van der Waals surface area contributed by atoms with E-state index in [2.05, 4.69) is 15.9 Å². The van der Waals surface area contributed by atoms with E-state index in [9.17, 15) is 4.79 Å². The van der Waals surface area contributed by atoms with Crippen LogP contribution in [0.15, 0.2) is 23.0 Å². The first-order chi connectivity index (χ1) is 6.25. The van der Waals surface area contributed by atoms with E-state index in [4.69, 9.17) is 4.42 Å². The molecule has 0 spiro atoms. The van der Waals surface area contributed by atoms with Crippen molar-refractivity contribution in [3.8, 4) is 0 Å². The molecular weight excluding hydrogens is 234 g/mol. The average molecular weight is 246 g/mol. The molecule has 0 atom stereocenters. The fraction of sp³-hybridized carbons (Fsp3) is 0.444. The van der Waals surface area contributed by atoms with Crippen LogP contribution in [0.4, 0.5) is 0 Å². The Hall–Kier alpha value is -0.770. The van der Waals surface area contributed by atoms with Gasteiger partial charge in [0.1, 0.15) is 6.26 Å². The highest BCUT2D eigenvalue weighted by Gasteiger charge is 2.11. The number of furan rings is 1. The Morgan fingerprint density at radius 3 is 3.00 bits per heavy atom. The molecule has 1 aromatic heterocycles. The molecule has 72 valence electrons. The third kappa shape index (κ3) is 2.88. The summed E-state index contributed by atoms with van der Waals surface area (Å²) in [4.78, 5) is 13.2. The molecule has 1 amide bonds. The number of alkyl halides is 1. The molecular formula is C9H12BrNO2. The van der Waals surface area contributed by atoms with Crippen LogP contribution < -0.4 is 0 Å². The summed E-state index contributed by atoms with van der Waals surface area (Å²) in [7, 11) is 1.79. The maximum absolute atomic E-state index is 11.6. The lowest BCUT2D eigenvalue weighted by atomic mass is 10.3. The number of halogens is 1. The monoisotopic (exact) mass is 245 g/mol. The zero-order valence-corrected chi connectivity index (χ0v) is 9.08. The van der Waals surface area contributed by atoms with Gasteiger partial charge in [0.25, 0.3) is 5.91 Å². The molecule has 13 heavy (non-hydrogen) atoms. The molecule has 0 aliphatic carbocycles. The smallest absolute Gasteiger partial charge is 0.256 e. The van der Waals surface area contributed by atoms with Crippen molar-refractivity contribution in [1.82, 2.24) is 4.90 Å². The van der Waals surface area contributed by atoms with E-state index in [1.54, 1.807) is 18.0 Å². The molecule has 0 unspecified atom stereocenters. The molecule has 4 heteroatoms. The van der Waals surface area contributed by atoms with Crippen LogP contribution in [0, 0.1) is 0 Å². The minimum Gasteiger partial charge on any atom is -0.472 e. The molecule has 0 N–H and O–H groups in total. The summed E-state index contributed by atoms with van der Waals surface area (Å²) < 4.78 is 4.83. The van der Waals surface area contributed by atoms with Gasteiger partial charge in [0.05, 0.1) is 11.8 Å². The Kier molecular flexibility index (Phi) is 4.02. The second-order valence-electron chi connectivity index (χ2n) is 2.78. The first kappa shape index (κ1) is 10.3. The largest absolute Gasteiger partial charge is 0.472 e. The SMILES string of the molecule is CN(CCCBr)C(=O)c1ccoc1. The topological polar surface area (TPSA) is 33.5 Å². The second kappa shape index (κ2) is 5.07. The Labute approximate surface area is 85.8 Å². The first-order valence-corrected chi connectivity index (χ1v) is 5.21. The number of amides is 1. The molecule has 0 aliphatic rings. The second-order valence-corrected chi connectivity index (χ2v) is 3.57. The number of nitrogens with zero attached hydrogens (tertiary/aromatic N) is 1. The summed E-state index contributed by atoms with van der Waals surface area (Å²) in [5.41, 5.74) is 0.608. The van der Waals surface area contributed by atoms with E-state index in [-0.39, 0.29) is 5.91 Å². The zero-order valence-electron chi connectivity index (χ0n) is 7.50. The van der Waals surface area contributed by atoms with Crippen LogP contribution in [0.2, 0.25) is 0 Å². The molecule has 0 fully saturated rings. The van der Waals surface area contributed by atoms with E-state index in [0.717, 1.165) is 18.3 Å².